The number of amides is 2. The highest BCUT2D eigenvalue weighted by Crippen LogP contribution is 2.27. The molecule has 1 aliphatic rings. The lowest BCUT2D eigenvalue weighted by Gasteiger charge is -2.35. The summed E-state index contributed by atoms with van der Waals surface area (Å²) in [6.07, 6.45) is 1.63. The van der Waals surface area contributed by atoms with Gasteiger partial charge in [-0.2, -0.15) is 0 Å². The molecule has 0 aliphatic carbocycles. The minimum Gasteiger partial charge on any atom is -0.342 e. The van der Waals surface area contributed by atoms with E-state index in [1.807, 2.05) is 65.6 Å². The van der Waals surface area contributed by atoms with Crippen LogP contribution in [0, 0.1) is 11.8 Å². The van der Waals surface area contributed by atoms with E-state index in [1.165, 1.54) is 6.42 Å². The van der Waals surface area contributed by atoms with Gasteiger partial charge in [0.25, 0.3) is 0 Å². The van der Waals surface area contributed by atoms with Gasteiger partial charge >= 0.3 is 0 Å². The van der Waals surface area contributed by atoms with Crippen molar-refractivity contribution in [2.24, 2.45) is 11.8 Å². The molecule has 1 aliphatic heterocycles. The van der Waals surface area contributed by atoms with Crippen LogP contribution in [0.5, 0.6) is 0 Å². The molecule has 0 unspecified atom stereocenters. The highest BCUT2D eigenvalue weighted by atomic mass is 16.2. The Kier molecular flexibility index (Phi) is 6.28. The van der Waals surface area contributed by atoms with Gasteiger partial charge < -0.3 is 4.90 Å². The molecule has 4 heteroatoms. The second-order valence-electron chi connectivity index (χ2n) is 7.65. The molecule has 0 saturated carbocycles. The van der Waals surface area contributed by atoms with Gasteiger partial charge in [-0.3, -0.25) is 14.5 Å². The Hall–Kier alpha value is -2.62. The molecule has 4 nitrogen and oxygen atoms in total. The summed E-state index contributed by atoms with van der Waals surface area (Å²) in [5.74, 6) is 1.08. The van der Waals surface area contributed by atoms with Crippen molar-refractivity contribution in [1.29, 1.82) is 0 Å². The molecule has 2 aromatic rings. The van der Waals surface area contributed by atoms with Crippen LogP contribution in [-0.4, -0.2) is 29.8 Å². The zero-order valence-electron chi connectivity index (χ0n) is 16.2. The molecule has 1 heterocycles. The van der Waals surface area contributed by atoms with Crippen LogP contribution in [0.1, 0.15) is 33.1 Å². The molecule has 0 aromatic heterocycles. The van der Waals surface area contributed by atoms with Crippen LogP contribution in [-0.2, 0) is 9.59 Å². The smallest absolute Gasteiger partial charge is 0.232 e. The maximum atomic E-state index is 13.0. The molecular formula is C23H28N2O2. The van der Waals surface area contributed by atoms with Crippen LogP contribution in [0.25, 0.3) is 0 Å². The van der Waals surface area contributed by atoms with Crippen LogP contribution in [0.3, 0.4) is 0 Å². The van der Waals surface area contributed by atoms with Crippen LogP contribution in [0.15, 0.2) is 60.7 Å². The zero-order chi connectivity index (χ0) is 19.2. The number of benzene rings is 2. The Labute approximate surface area is 161 Å². The van der Waals surface area contributed by atoms with E-state index in [9.17, 15) is 9.59 Å². The number of piperidine rings is 1. The van der Waals surface area contributed by atoms with Gasteiger partial charge in [-0.05, 0) is 42.5 Å². The van der Waals surface area contributed by atoms with E-state index < -0.39 is 0 Å². The predicted octanol–water partition coefficient (Wildman–Crippen LogP) is 4.64. The maximum Gasteiger partial charge on any atom is 0.232 e. The summed E-state index contributed by atoms with van der Waals surface area (Å²) in [6.45, 7) is 5.98. The van der Waals surface area contributed by atoms with E-state index in [2.05, 4.69) is 13.8 Å². The van der Waals surface area contributed by atoms with Gasteiger partial charge in [0, 0.05) is 37.3 Å². The van der Waals surface area contributed by atoms with E-state index in [1.54, 1.807) is 4.90 Å². The second-order valence-corrected chi connectivity index (χ2v) is 7.65. The van der Waals surface area contributed by atoms with Gasteiger partial charge in [0.2, 0.25) is 11.8 Å². The fraction of sp³-hybridized carbons (Fsp3) is 0.391. The van der Waals surface area contributed by atoms with Crippen molar-refractivity contribution >= 4 is 23.2 Å². The Morgan fingerprint density at radius 3 is 1.81 bits per heavy atom. The average molecular weight is 364 g/mol. The maximum absolute atomic E-state index is 13.0. The van der Waals surface area contributed by atoms with Crippen LogP contribution in [0.4, 0.5) is 11.4 Å². The molecular weight excluding hydrogens is 336 g/mol. The van der Waals surface area contributed by atoms with Crippen molar-refractivity contribution in [3.8, 4) is 0 Å². The molecule has 2 amide bonds. The van der Waals surface area contributed by atoms with Crippen LogP contribution >= 0.6 is 0 Å². The summed E-state index contributed by atoms with van der Waals surface area (Å²) >= 11 is 0. The lowest BCUT2D eigenvalue weighted by molar-refractivity contribution is -0.135. The topological polar surface area (TPSA) is 40.6 Å². The SMILES string of the molecule is C[C@@H]1C[C@@H](C)CN(C(=O)CCC(=O)N(c2ccccc2)c2ccccc2)C1. The van der Waals surface area contributed by atoms with E-state index in [0.717, 1.165) is 24.5 Å². The Bertz CT molecular complexity index is 711. The third-order valence-electron chi connectivity index (χ3n) is 5.05. The fourth-order valence-electron chi connectivity index (χ4n) is 3.94. The fourth-order valence-corrected chi connectivity index (χ4v) is 3.94. The van der Waals surface area contributed by atoms with Crippen molar-refractivity contribution in [2.45, 2.75) is 33.1 Å². The summed E-state index contributed by atoms with van der Waals surface area (Å²) in [6, 6.07) is 19.2. The minimum absolute atomic E-state index is 0.0566. The number of hydrogen-bond acceptors (Lipinski definition) is 2. The first kappa shape index (κ1) is 19.2. The molecule has 3 rings (SSSR count). The number of para-hydroxylation sites is 2. The summed E-state index contributed by atoms with van der Waals surface area (Å²) in [4.78, 5) is 29.3. The zero-order valence-corrected chi connectivity index (χ0v) is 16.2. The number of rotatable bonds is 5. The molecule has 2 aromatic carbocycles. The van der Waals surface area contributed by atoms with Gasteiger partial charge in [-0.1, -0.05) is 50.2 Å². The van der Waals surface area contributed by atoms with Gasteiger partial charge in [0.05, 0.1) is 0 Å². The Morgan fingerprint density at radius 1 is 0.852 bits per heavy atom. The molecule has 0 spiro atoms. The third-order valence-corrected chi connectivity index (χ3v) is 5.05. The summed E-state index contributed by atoms with van der Waals surface area (Å²) in [5, 5.41) is 0. The standard InChI is InChI=1S/C23H28N2O2/c1-18-15-19(2)17-24(16-18)22(26)13-14-23(27)25(20-9-5-3-6-10-20)21-11-7-4-8-12-21/h3-12,18-19H,13-17H2,1-2H3/t18-,19-/m1/s1. The van der Waals surface area contributed by atoms with E-state index in [-0.39, 0.29) is 24.7 Å². The van der Waals surface area contributed by atoms with Crippen molar-refractivity contribution in [2.75, 3.05) is 18.0 Å². The highest BCUT2D eigenvalue weighted by molar-refractivity contribution is 6.01. The molecule has 0 bridgehead atoms. The summed E-state index contributed by atoms with van der Waals surface area (Å²) < 4.78 is 0. The number of carbonyl (C=O) groups excluding carboxylic acids is 2. The Morgan fingerprint density at radius 2 is 1.33 bits per heavy atom. The van der Waals surface area contributed by atoms with Crippen molar-refractivity contribution in [1.82, 2.24) is 4.90 Å². The first-order valence-corrected chi connectivity index (χ1v) is 9.75. The lowest BCUT2D eigenvalue weighted by Crippen LogP contribution is -2.42. The highest BCUT2D eigenvalue weighted by Gasteiger charge is 2.26. The second kappa shape index (κ2) is 8.85. The van der Waals surface area contributed by atoms with Crippen LogP contribution < -0.4 is 4.90 Å². The van der Waals surface area contributed by atoms with Gasteiger partial charge in [-0.25, -0.2) is 0 Å². The molecule has 2 atom stereocenters. The first-order chi connectivity index (χ1) is 13.0. The predicted molar refractivity (Wildman–Crippen MR) is 109 cm³/mol. The first-order valence-electron chi connectivity index (χ1n) is 9.75. The van der Waals surface area contributed by atoms with Crippen molar-refractivity contribution < 1.29 is 9.59 Å². The number of carbonyl (C=O) groups is 2. The molecule has 1 saturated heterocycles. The number of nitrogens with zero attached hydrogens (tertiary/aromatic N) is 2. The van der Waals surface area contributed by atoms with Gasteiger partial charge in [-0.15, -0.1) is 0 Å². The third kappa shape index (κ3) is 4.97. The van der Waals surface area contributed by atoms with Crippen molar-refractivity contribution in [3.63, 3.8) is 0 Å². The summed E-state index contributed by atoms with van der Waals surface area (Å²) in [5.41, 5.74) is 1.64. The molecule has 142 valence electrons. The molecule has 0 radical (unpaired) electrons. The number of anilines is 2. The molecule has 0 N–H and O–H groups in total. The number of hydrogen-bond donors (Lipinski definition) is 0. The van der Waals surface area contributed by atoms with Crippen LogP contribution in [0.2, 0.25) is 0 Å². The van der Waals surface area contributed by atoms with Gasteiger partial charge in [0.1, 0.15) is 0 Å². The molecule has 27 heavy (non-hydrogen) atoms. The Balaban J connectivity index is 1.69. The minimum atomic E-state index is -0.0566. The average Bonchev–Trinajstić information content (AvgIpc) is 2.67. The monoisotopic (exact) mass is 364 g/mol. The van der Waals surface area contributed by atoms with E-state index in [0.29, 0.717) is 11.8 Å². The summed E-state index contributed by atoms with van der Waals surface area (Å²) in [7, 11) is 0. The van der Waals surface area contributed by atoms with E-state index in [4.69, 9.17) is 0 Å². The van der Waals surface area contributed by atoms with E-state index >= 15 is 0 Å². The quantitative estimate of drug-likeness (QED) is 0.776. The molecule has 1 fully saturated rings. The largest absolute Gasteiger partial charge is 0.342 e. The van der Waals surface area contributed by atoms with Crippen molar-refractivity contribution in [3.05, 3.63) is 60.7 Å². The van der Waals surface area contributed by atoms with Gasteiger partial charge in [0.15, 0.2) is 0 Å². The number of likely N-dealkylation sites (tertiary alicyclic amines) is 1. The normalized spacial score (nSPS) is 19.6. The lowest BCUT2D eigenvalue weighted by atomic mass is 9.91.